The van der Waals surface area contributed by atoms with Crippen LogP contribution in [0.4, 0.5) is 0 Å². The Morgan fingerprint density at radius 1 is 1.20 bits per heavy atom. The molecule has 0 spiro atoms. The van der Waals surface area contributed by atoms with Gasteiger partial charge in [0, 0.05) is 17.7 Å². The lowest BCUT2D eigenvalue weighted by molar-refractivity contribution is -0.157. The maximum absolute atomic E-state index is 12.8. The molecular formula is C20H22N2O3. The Morgan fingerprint density at radius 2 is 1.88 bits per heavy atom. The smallest absolute Gasteiger partial charge is 0.250 e. The number of rotatable bonds is 5. The van der Waals surface area contributed by atoms with Crippen molar-refractivity contribution in [3.05, 3.63) is 65.7 Å². The van der Waals surface area contributed by atoms with E-state index in [-0.39, 0.29) is 12.3 Å². The van der Waals surface area contributed by atoms with Gasteiger partial charge < -0.3 is 9.84 Å². The standard InChI is InChI=1S/C20H22N2O3/c1-3-17-14-20(24,16-9-11-18(25-2)12-10-16)22(21-17)19(23)13-15-7-5-4-6-8-15/h4-12,24H,3,13-14H2,1-2H3. The molecule has 0 aromatic heterocycles. The minimum atomic E-state index is -1.45. The molecule has 2 aromatic rings. The third kappa shape index (κ3) is 3.42. The molecule has 1 aliphatic heterocycles. The lowest BCUT2D eigenvalue weighted by Gasteiger charge is -2.31. The molecule has 25 heavy (non-hydrogen) atoms. The highest BCUT2D eigenvalue weighted by atomic mass is 16.5. The second kappa shape index (κ2) is 7.07. The zero-order valence-electron chi connectivity index (χ0n) is 14.5. The van der Waals surface area contributed by atoms with Gasteiger partial charge in [-0.15, -0.1) is 0 Å². The number of amides is 1. The van der Waals surface area contributed by atoms with Crippen molar-refractivity contribution in [3.8, 4) is 5.75 Å². The van der Waals surface area contributed by atoms with Crippen LogP contribution in [0.2, 0.25) is 0 Å². The zero-order chi connectivity index (χ0) is 17.9. The Kier molecular flexibility index (Phi) is 4.86. The number of nitrogens with zero attached hydrogens (tertiary/aromatic N) is 2. The average Bonchev–Trinajstić information content (AvgIpc) is 3.01. The normalized spacial score (nSPS) is 19.6. The monoisotopic (exact) mass is 338 g/mol. The number of hydrazone groups is 1. The van der Waals surface area contributed by atoms with Crippen molar-refractivity contribution in [2.75, 3.05) is 7.11 Å². The molecule has 5 heteroatoms. The van der Waals surface area contributed by atoms with Crippen LogP contribution in [0.3, 0.4) is 0 Å². The summed E-state index contributed by atoms with van der Waals surface area (Å²) in [5, 5.41) is 16.9. The highest BCUT2D eigenvalue weighted by Gasteiger charge is 2.45. The van der Waals surface area contributed by atoms with Gasteiger partial charge in [-0.25, -0.2) is 0 Å². The van der Waals surface area contributed by atoms with Gasteiger partial charge in [0.05, 0.1) is 13.5 Å². The van der Waals surface area contributed by atoms with E-state index in [1.807, 2.05) is 37.3 Å². The predicted molar refractivity (Wildman–Crippen MR) is 96.2 cm³/mol. The fraction of sp³-hybridized carbons (Fsp3) is 0.300. The van der Waals surface area contributed by atoms with E-state index in [0.717, 1.165) is 11.3 Å². The van der Waals surface area contributed by atoms with Crippen LogP contribution in [0, 0.1) is 0 Å². The molecule has 0 saturated carbocycles. The second-order valence-electron chi connectivity index (χ2n) is 6.11. The van der Waals surface area contributed by atoms with Gasteiger partial charge in [-0.3, -0.25) is 4.79 Å². The molecular weight excluding hydrogens is 316 g/mol. The summed E-state index contributed by atoms with van der Waals surface area (Å²) in [4.78, 5) is 12.8. The van der Waals surface area contributed by atoms with Crippen molar-refractivity contribution in [3.63, 3.8) is 0 Å². The van der Waals surface area contributed by atoms with E-state index >= 15 is 0 Å². The SMILES string of the molecule is CCC1=NN(C(=O)Cc2ccccc2)C(O)(c2ccc(OC)cc2)C1. The number of aliphatic hydroxyl groups is 1. The number of hydrogen-bond acceptors (Lipinski definition) is 4. The van der Waals surface area contributed by atoms with Gasteiger partial charge in [-0.1, -0.05) is 49.4 Å². The van der Waals surface area contributed by atoms with Crippen LogP contribution in [-0.4, -0.2) is 28.8 Å². The van der Waals surface area contributed by atoms with Crippen molar-refractivity contribution >= 4 is 11.6 Å². The molecule has 130 valence electrons. The maximum Gasteiger partial charge on any atom is 0.250 e. The van der Waals surface area contributed by atoms with E-state index in [4.69, 9.17) is 4.74 Å². The summed E-state index contributed by atoms with van der Waals surface area (Å²) in [5.41, 5.74) is 0.870. The first-order valence-electron chi connectivity index (χ1n) is 8.37. The van der Waals surface area contributed by atoms with E-state index in [1.165, 1.54) is 5.01 Å². The van der Waals surface area contributed by atoms with Gasteiger partial charge in [0.2, 0.25) is 5.91 Å². The number of carbonyl (C=O) groups is 1. The van der Waals surface area contributed by atoms with Crippen LogP contribution in [-0.2, 0) is 16.9 Å². The Bertz CT molecular complexity index is 771. The molecule has 0 radical (unpaired) electrons. The van der Waals surface area contributed by atoms with E-state index in [0.29, 0.717) is 24.2 Å². The van der Waals surface area contributed by atoms with Crippen LogP contribution in [0.5, 0.6) is 5.75 Å². The van der Waals surface area contributed by atoms with Gasteiger partial charge >= 0.3 is 0 Å². The van der Waals surface area contributed by atoms with Crippen LogP contribution in [0.15, 0.2) is 59.7 Å². The third-order valence-electron chi connectivity index (χ3n) is 4.44. The minimum absolute atomic E-state index is 0.194. The summed E-state index contributed by atoms with van der Waals surface area (Å²) in [7, 11) is 1.59. The van der Waals surface area contributed by atoms with Crippen molar-refractivity contribution in [2.45, 2.75) is 31.9 Å². The fourth-order valence-corrected chi connectivity index (χ4v) is 3.00. The number of ether oxygens (including phenoxy) is 1. The lowest BCUT2D eigenvalue weighted by atomic mass is 9.96. The van der Waals surface area contributed by atoms with Crippen LogP contribution >= 0.6 is 0 Å². The van der Waals surface area contributed by atoms with Crippen LogP contribution in [0.25, 0.3) is 0 Å². The highest BCUT2D eigenvalue weighted by Crippen LogP contribution is 2.37. The Balaban J connectivity index is 1.90. The first-order chi connectivity index (χ1) is 12.1. The molecule has 1 aliphatic rings. The first kappa shape index (κ1) is 17.2. The van der Waals surface area contributed by atoms with Gasteiger partial charge in [-0.05, 0) is 24.1 Å². The average molecular weight is 338 g/mol. The van der Waals surface area contributed by atoms with E-state index in [9.17, 15) is 9.90 Å². The topological polar surface area (TPSA) is 62.1 Å². The largest absolute Gasteiger partial charge is 0.497 e. The number of methoxy groups -OCH3 is 1. The third-order valence-corrected chi connectivity index (χ3v) is 4.44. The highest BCUT2D eigenvalue weighted by molar-refractivity contribution is 5.91. The number of benzene rings is 2. The molecule has 0 fully saturated rings. The molecule has 2 aromatic carbocycles. The van der Waals surface area contributed by atoms with Gasteiger partial charge in [-0.2, -0.15) is 10.1 Å². The van der Waals surface area contributed by atoms with Crippen LogP contribution < -0.4 is 4.74 Å². The molecule has 1 N–H and O–H groups in total. The van der Waals surface area contributed by atoms with Gasteiger partial charge in [0.25, 0.3) is 0 Å². The Hall–Kier alpha value is -2.66. The van der Waals surface area contributed by atoms with Gasteiger partial charge in [0.15, 0.2) is 5.72 Å². The molecule has 5 nitrogen and oxygen atoms in total. The van der Waals surface area contributed by atoms with Crippen LogP contribution in [0.1, 0.15) is 30.9 Å². The maximum atomic E-state index is 12.8. The molecule has 1 amide bonds. The summed E-state index contributed by atoms with van der Waals surface area (Å²) in [5.74, 6) is 0.470. The number of carbonyl (C=O) groups excluding carboxylic acids is 1. The Morgan fingerprint density at radius 3 is 2.48 bits per heavy atom. The molecule has 0 aliphatic carbocycles. The van der Waals surface area contributed by atoms with Crippen molar-refractivity contribution in [1.82, 2.24) is 5.01 Å². The van der Waals surface area contributed by atoms with Crippen molar-refractivity contribution in [2.24, 2.45) is 5.10 Å². The summed E-state index contributed by atoms with van der Waals surface area (Å²) in [6, 6.07) is 16.6. The summed E-state index contributed by atoms with van der Waals surface area (Å²) in [6.45, 7) is 1.97. The lowest BCUT2D eigenvalue weighted by Crippen LogP contribution is -2.44. The van der Waals surface area contributed by atoms with E-state index in [2.05, 4.69) is 5.10 Å². The summed E-state index contributed by atoms with van der Waals surface area (Å²) < 4.78 is 5.17. The molecule has 1 unspecified atom stereocenters. The molecule has 0 bridgehead atoms. The Labute approximate surface area is 147 Å². The zero-order valence-corrected chi connectivity index (χ0v) is 14.5. The van der Waals surface area contributed by atoms with Gasteiger partial charge in [0.1, 0.15) is 5.75 Å². The predicted octanol–water partition coefficient (Wildman–Crippen LogP) is 3.08. The summed E-state index contributed by atoms with van der Waals surface area (Å²) in [6.07, 6.45) is 1.20. The van der Waals surface area contributed by atoms with E-state index < -0.39 is 5.72 Å². The quantitative estimate of drug-likeness (QED) is 0.911. The molecule has 3 rings (SSSR count). The molecule has 1 heterocycles. The second-order valence-corrected chi connectivity index (χ2v) is 6.11. The summed E-state index contributed by atoms with van der Waals surface area (Å²) >= 11 is 0. The fourth-order valence-electron chi connectivity index (χ4n) is 3.00. The minimum Gasteiger partial charge on any atom is -0.497 e. The van der Waals surface area contributed by atoms with Crippen molar-refractivity contribution in [1.29, 1.82) is 0 Å². The van der Waals surface area contributed by atoms with E-state index in [1.54, 1.807) is 31.4 Å². The van der Waals surface area contributed by atoms with Crippen molar-refractivity contribution < 1.29 is 14.6 Å². The number of hydrogen-bond donors (Lipinski definition) is 1. The first-order valence-corrected chi connectivity index (χ1v) is 8.37. The molecule has 0 saturated heterocycles. The molecule has 1 atom stereocenters.